The zero-order chi connectivity index (χ0) is 16.7. The third-order valence-corrected chi connectivity index (χ3v) is 3.70. The molecular weight excluding hydrogens is 288 g/mol. The van der Waals surface area contributed by atoms with E-state index in [0.717, 1.165) is 28.7 Å². The molecule has 0 unspecified atom stereocenters. The Morgan fingerprint density at radius 3 is 2.48 bits per heavy atom. The van der Waals surface area contributed by atoms with Gasteiger partial charge in [0.1, 0.15) is 12.0 Å². The molecule has 0 saturated carbocycles. The van der Waals surface area contributed by atoms with Crippen LogP contribution in [0.1, 0.15) is 28.4 Å². The van der Waals surface area contributed by atoms with Crippen LogP contribution in [0.5, 0.6) is 5.75 Å². The number of benzene rings is 2. The van der Waals surface area contributed by atoms with Gasteiger partial charge in [0, 0.05) is 18.8 Å². The van der Waals surface area contributed by atoms with Crippen molar-refractivity contribution in [1.29, 1.82) is 0 Å². The van der Waals surface area contributed by atoms with Crippen molar-refractivity contribution < 1.29 is 9.53 Å². The predicted octanol–water partition coefficient (Wildman–Crippen LogP) is 3.51. The monoisotopic (exact) mass is 310 g/mol. The van der Waals surface area contributed by atoms with Gasteiger partial charge in [-0.15, -0.1) is 0 Å². The minimum atomic E-state index is 0.610. The number of carbonyl (C=O) groups is 1. The summed E-state index contributed by atoms with van der Waals surface area (Å²) in [7, 11) is 3.52. The molecular formula is C19H22N2O2. The first kappa shape index (κ1) is 16.8. The fourth-order valence-electron chi connectivity index (χ4n) is 2.33. The van der Waals surface area contributed by atoms with Crippen LogP contribution in [-0.4, -0.2) is 25.5 Å². The summed E-state index contributed by atoms with van der Waals surface area (Å²) in [6, 6.07) is 15.5. The molecule has 0 aliphatic heterocycles. The second kappa shape index (κ2) is 8.15. The highest BCUT2D eigenvalue weighted by Gasteiger charge is 2.06. The molecule has 0 bridgehead atoms. The SMILES string of the molecule is CNN(/C=C(\C)c1ccc(OC)cc1)Cc1ccccc1C=O. The van der Waals surface area contributed by atoms with Crippen molar-refractivity contribution >= 4 is 11.9 Å². The molecule has 0 heterocycles. The Kier molecular flexibility index (Phi) is 5.94. The van der Waals surface area contributed by atoms with Crippen molar-refractivity contribution in [3.05, 3.63) is 71.4 Å². The van der Waals surface area contributed by atoms with E-state index in [2.05, 4.69) is 12.3 Å². The van der Waals surface area contributed by atoms with E-state index in [4.69, 9.17) is 4.74 Å². The van der Waals surface area contributed by atoms with E-state index >= 15 is 0 Å². The lowest BCUT2D eigenvalue weighted by molar-refractivity contribution is 0.112. The maximum atomic E-state index is 11.1. The molecule has 0 aliphatic rings. The zero-order valence-electron chi connectivity index (χ0n) is 13.7. The van der Waals surface area contributed by atoms with Crippen LogP contribution in [0.3, 0.4) is 0 Å². The largest absolute Gasteiger partial charge is 0.497 e. The number of nitrogens with zero attached hydrogens (tertiary/aromatic N) is 1. The molecule has 1 N–H and O–H groups in total. The second-order valence-corrected chi connectivity index (χ2v) is 5.21. The van der Waals surface area contributed by atoms with Gasteiger partial charge in [0.25, 0.3) is 0 Å². The fourth-order valence-corrected chi connectivity index (χ4v) is 2.33. The molecule has 0 saturated heterocycles. The Morgan fingerprint density at radius 2 is 1.87 bits per heavy atom. The number of hydrogen-bond acceptors (Lipinski definition) is 4. The van der Waals surface area contributed by atoms with Gasteiger partial charge in [-0.05, 0) is 35.8 Å². The normalized spacial score (nSPS) is 11.2. The number of rotatable bonds is 7. The van der Waals surface area contributed by atoms with E-state index < -0.39 is 0 Å². The predicted molar refractivity (Wildman–Crippen MR) is 93.1 cm³/mol. The molecule has 2 aromatic carbocycles. The number of nitrogens with one attached hydrogen (secondary N) is 1. The molecule has 2 rings (SSSR count). The first-order valence-electron chi connectivity index (χ1n) is 7.48. The average Bonchev–Trinajstić information content (AvgIpc) is 2.61. The summed E-state index contributed by atoms with van der Waals surface area (Å²) in [6.45, 7) is 2.66. The molecule has 0 aliphatic carbocycles. The number of methoxy groups -OCH3 is 1. The van der Waals surface area contributed by atoms with Crippen LogP contribution in [-0.2, 0) is 6.54 Å². The van der Waals surface area contributed by atoms with Crippen LogP contribution < -0.4 is 10.2 Å². The van der Waals surface area contributed by atoms with E-state index in [1.54, 1.807) is 7.11 Å². The van der Waals surface area contributed by atoms with Crippen molar-refractivity contribution in [3.8, 4) is 5.75 Å². The van der Waals surface area contributed by atoms with Gasteiger partial charge in [-0.25, -0.2) is 5.43 Å². The third-order valence-electron chi connectivity index (χ3n) is 3.70. The maximum Gasteiger partial charge on any atom is 0.150 e. The highest BCUT2D eigenvalue weighted by atomic mass is 16.5. The highest BCUT2D eigenvalue weighted by Crippen LogP contribution is 2.19. The quantitative estimate of drug-likeness (QED) is 0.628. The lowest BCUT2D eigenvalue weighted by Crippen LogP contribution is -2.29. The molecule has 0 fully saturated rings. The first-order chi connectivity index (χ1) is 11.2. The highest BCUT2D eigenvalue weighted by molar-refractivity contribution is 5.77. The number of carbonyl (C=O) groups excluding carboxylic acids is 1. The molecule has 120 valence electrons. The van der Waals surface area contributed by atoms with E-state index in [9.17, 15) is 4.79 Å². The van der Waals surface area contributed by atoms with Crippen molar-refractivity contribution in [2.45, 2.75) is 13.5 Å². The number of allylic oxidation sites excluding steroid dienone is 1. The second-order valence-electron chi connectivity index (χ2n) is 5.21. The van der Waals surface area contributed by atoms with Gasteiger partial charge in [-0.1, -0.05) is 36.4 Å². The zero-order valence-corrected chi connectivity index (χ0v) is 13.7. The summed E-state index contributed by atoms with van der Waals surface area (Å²) in [6.07, 6.45) is 2.92. The Hall–Kier alpha value is -2.59. The Bertz CT molecular complexity index is 678. The summed E-state index contributed by atoms with van der Waals surface area (Å²) in [5.74, 6) is 0.840. The Morgan fingerprint density at radius 1 is 1.17 bits per heavy atom. The van der Waals surface area contributed by atoms with E-state index in [1.807, 2.05) is 66.8 Å². The van der Waals surface area contributed by atoms with Gasteiger partial charge in [0.2, 0.25) is 0 Å². The van der Waals surface area contributed by atoms with Crippen LogP contribution >= 0.6 is 0 Å². The Labute approximate surface area is 137 Å². The molecule has 0 spiro atoms. The lowest BCUT2D eigenvalue weighted by atomic mass is 10.1. The summed E-state index contributed by atoms with van der Waals surface area (Å²) in [5.41, 5.74) is 7.07. The summed E-state index contributed by atoms with van der Waals surface area (Å²) in [5, 5.41) is 1.96. The van der Waals surface area contributed by atoms with Crippen LogP contribution in [0.15, 0.2) is 54.7 Å². The minimum Gasteiger partial charge on any atom is -0.497 e. The minimum absolute atomic E-state index is 0.610. The molecule has 0 radical (unpaired) electrons. The molecule has 2 aromatic rings. The third kappa shape index (κ3) is 4.44. The van der Waals surface area contributed by atoms with E-state index in [0.29, 0.717) is 12.1 Å². The van der Waals surface area contributed by atoms with E-state index in [1.165, 1.54) is 0 Å². The number of ether oxygens (including phenoxy) is 1. The van der Waals surface area contributed by atoms with Crippen LogP contribution in [0, 0.1) is 0 Å². The van der Waals surface area contributed by atoms with Gasteiger partial charge >= 0.3 is 0 Å². The summed E-state index contributed by atoms with van der Waals surface area (Å²) >= 11 is 0. The van der Waals surface area contributed by atoms with Gasteiger partial charge < -0.3 is 9.75 Å². The standard InChI is InChI=1S/C19H22N2O2/c1-15(16-8-10-19(23-3)11-9-16)12-21(20-2)13-17-6-4-5-7-18(17)14-22/h4-12,14,20H,13H2,1-3H3/b15-12+. The van der Waals surface area contributed by atoms with Crippen molar-refractivity contribution in [2.24, 2.45) is 0 Å². The number of hydrazine groups is 1. The molecule has 0 amide bonds. The van der Waals surface area contributed by atoms with E-state index in [-0.39, 0.29) is 0 Å². The van der Waals surface area contributed by atoms with Gasteiger partial charge in [-0.2, -0.15) is 0 Å². The average molecular weight is 310 g/mol. The number of hydrogen-bond donors (Lipinski definition) is 1. The molecule has 4 nitrogen and oxygen atoms in total. The van der Waals surface area contributed by atoms with Crippen LogP contribution in [0.2, 0.25) is 0 Å². The van der Waals surface area contributed by atoms with Crippen molar-refractivity contribution in [3.63, 3.8) is 0 Å². The number of aldehydes is 1. The topological polar surface area (TPSA) is 41.6 Å². The van der Waals surface area contributed by atoms with Gasteiger partial charge in [0.05, 0.1) is 13.7 Å². The summed E-state index contributed by atoms with van der Waals surface area (Å²) < 4.78 is 5.18. The van der Waals surface area contributed by atoms with Crippen LogP contribution in [0.25, 0.3) is 5.57 Å². The molecule has 23 heavy (non-hydrogen) atoms. The van der Waals surface area contributed by atoms with Gasteiger partial charge in [-0.3, -0.25) is 4.79 Å². The maximum absolute atomic E-state index is 11.1. The van der Waals surface area contributed by atoms with Crippen molar-refractivity contribution in [1.82, 2.24) is 10.4 Å². The van der Waals surface area contributed by atoms with Crippen molar-refractivity contribution in [2.75, 3.05) is 14.2 Å². The molecule has 0 atom stereocenters. The molecule has 4 heteroatoms. The smallest absolute Gasteiger partial charge is 0.150 e. The van der Waals surface area contributed by atoms with Crippen LogP contribution in [0.4, 0.5) is 0 Å². The Balaban J connectivity index is 2.17. The lowest BCUT2D eigenvalue weighted by Gasteiger charge is -2.21. The molecule has 0 aromatic heterocycles. The fraction of sp³-hybridized carbons (Fsp3) is 0.211. The summed E-state index contributed by atoms with van der Waals surface area (Å²) in [4.78, 5) is 11.1. The van der Waals surface area contributed by atoms with Gasteiger partial charge in [0.15, 0.2) is 0 Å². The first-order valence-corrected chi connectivity index (χ1v) is 7.48.